The van der Waals surface area contributed by atoms with E-state index in [2.05, 4.69) is 46.4 Å². The molecule has 0 spiro atoms. The predicted molar refractivity (Wildman–Crippen MR) is 106 cm³/mol. The first-order valence-corrected chi connectivity index (χ1v) is 9.41. The lowest BCUT2D eigenvalue weighted by molar-refractivity contribution is -0.121. The zero-order valence-corrected chi connectivity index (χ0v) is 15.6. The number of hydrogen-bond donors (Lipinski definition) is 2. The van der Waals surface area contributed by atoms with E-state index in [9.17, 15) is 4.79 Å². The average molecular weight is 352 g/mol. The molecule has 0 aliphatic carbocycles. The molecule has 2 aromatic rings. The Morgan fingerprint density at radius 2 is 2.15 bits per heavy atom. The van der Waals surface area contributed by atoms with E-state index >= 15 is 0 Å². The standard InChI is InChI=1S/C21H28N4O/c1-16(2)5-3-13-25-14-4-6-18(15-25)21(26)23-19-9-7-17(8-10-19)20-11-12-22-24-20/h3,5,7-12,16,18H,4,6,13-15H2,1-2H3,(H,22,24)(H,23,26)/b5-3+/t18-/m1/s1. The van der Waals surface area contributed by atoms with E-state index in [0.717, 1.165) is 49.4 Å². The largest absolute Gasteiger partial charge is 0.326 e. The lowest BCUT2D eigenvalue weighted by Gasteiger charge is -2.31. The Morgan fingerprint density at radius 3 is 2.85 bits per heavy atom. The second-order valence-corrected chi connectivity index (χ2v) is 7.31. The Hall–Kier alpha value is -2.40. The van der Waals surface area contributed by atoms with Crippen LogP contribution in [0.1, 0.15) is 26.7 Å². The van der Waals surface area contributed by atoms with Gasteiger partial charge in [-0.25, -0.2) is 0 Å². The Bertz CT molecular complexity index is 719. The van der Waals surface area contributed by atoms with Gasteiger partial charge in [0.25, 0.3) is 0 Å². The summed E-state index contributed by atoms with van der Waals surface area (Å²) >= 11 is 0. The number of H-pyrrole nitrogens is 1. The van der Waals surface area contributed by atoms with Gasteiger partial charge in [0, 0.05) is 25.0 Å². The maximum Gasteiger partial charge on any atom is 0.228 e. The number of piperidine rings is 1. The molecule has 2 heterocycles. The van der Waals surface area contributed by atoms with Gasteiger partial charge in [-0.3, -0.25) is 14.8 Å². The van der Waals surface area contributed by atoms with E-state index in [1.807, 2.05) is 30.3 Å². The molecule has 3 rings (SSSR count). The maximum absolute atomic E-state index is 12.6. The zero-order chi connectivity index (χ0) is 18.4. The number of carbonyl (C=O) groups is 1. The van der Waals surface area contributed by atoms with Gasteiger partial charge in [-0.05, 0) is 49.1 Å². The van der Waals surface area contributed by atoms with E-state index < -0.39 is 0 Å². The number of aromatic nitrogens is 2. The van der Waals surface area contributed by atoms with Gasteiger partial charge >= 0.3 is 0 Å². The molecule has 26 heavy (non-hydrogen) atoms. The Balaban J connectivity index is 1.54. The number of nitrogens with one attached hydrogen (secondary N) is 2. The van der Waals surface area contributed by atoms with Crippen molar-refractivity contribution >= 4 is 11.6 Å². The SMILES string of the molecule is CC(C)/C=C/CN1CCC[C@@H](C(=O)Nc2ccc(-c3ccn[nH]3)cc2)C1. The minimum Gasteiger partial charge on any atom is -0.326 e. The highest BCUT2D eigenvalue weighted by molar-refractivity contribution is 5.93. The lowest BCUT2D eigenvalue weighted by atomic mass is 9.97. The topological polar surface area (TPSA) is 61.0 Å². The van der Waals surface area contributed by atoms with Gasteiger partial charge in [-0.2, -0.15) is 5.10 Å². The minimum atomic E-state index is 0.0588. The van der Waals surface area contributed by atoms with Crippen LogP contribution >= 0.6 is 0 Å². The zero-order valence-electron chi connectivity index (χ0n) is 15.6. The lowest BCUT2D eigenvalue weighted by Crippen LogP contribution is -2.40. The molecular formula is C21H28N4O. The average Bonchev–Trinajstić information content (AvgIpc) is 3.17. The molecule has 0 bridgehead atoms. The van der Waals surface area contributed by atoms with E-state index in [1.54, 1.807) is 6.20 Å². The highest BCUT2D eigenvalue weighted by Crippen LogP contribution is 2.21. The maximum atomic E-state index is 12.6. The number of aromatic amines is 1. The molecule has 138 valence electrons. The van der Waals surface area contributed by atoms with Crippen molar-refractivity contribution in [1.29, 1.82) is 0 Å². The quantitative estimate of drug-likeness (QED) is 0.774. The van der Waals surface area contributed by atoms with Crippen molar-refractivity contribution in [2.45, 2.75) is 26.7 Å². The van der Waals surface area contributed by atoms with Crippen LogP contribution in [-0.2, 0) is 4.79 Å². The van der Waals surface area contributed by atoms with Crippen molar-refractivity contribution in [1.82, 2.24) is 15.1 Å². The minimum absolute atomic E-state index is 0.0588. The first-order chi connectivity index (χ1) is 12.6. The number of hydrogen-bond acceptors (Lipinski definition) is 3. The van der Waals surface area contributed by atoms with E-state index in [4.69, 9.17) is 0 Å². The fourth-order valence-corrected chi connectivity index (χ4v) is 3.31. The molecule has 0 unspecified atom stereocenters. The third-order valence-corrected chi connectivity index (χ3v) is 4.73. The van der Waals surface area contributed by atoms with Crippen molar-refractivity contribution in [3.05, 3.63) is 48.7 Å². The fraction of sp³-hybridized carbons (Fsp3) is 0.429. The molecule has 1 fully saturated rings. The number of nitrogens with zero attached hydrogens (tertiary/aromatic N) is 2. The molecule has 1 aromatic carbocycles. The first kappa shape index (κ1) is 18.4. The molecule has 1 saturated heterocycles. The highest BCUT2D eigenvalue weighted by Gasteiger charge is 2.25. The van der Waals surface area contributed by atoms with Gasteiger partial charge in [0.2, 0.25) is 5.91 Å². The molecule has 0 saturated carbocycles. The fourth-order valence-electron chi connectivity index (χ4n) is 3.31. The smallest absolute Gasteiger partial charge is 0.228 e. The predicted octanol–water partition coefficient (Wildman–Crippen LogP) is 3.94. The summed E-state index contributed by atoms with van der Waals surface area (Å²) in [6.45, 7) is 7.20. The van der Waals surface area contributed by atoms with Crippen molar-refractivity contribution in [2.75, 3.05) is 25.0 Å². The molecule has 2 N–H and O–H groups in total. The van der Waals surface area contributed by atoms with Gasteiger partial charge < -0.3 is 5.32 Å². The molecule has 1 aromatic heterocycles. The normalized spacial score (nSPS) is 18.5. The summed E-state index contributed by atoms with van der Waals surface area (Å²) in [5.41, 5.74) is 2.87. The van der Waals surface area contributed by atoms with Gasteiger partial charge in [-0.1, -0.05) is 38.1 Å². The van der Waals surface area contributed by atoms with Crippen molar-refractivity contribution in [3.8, 4) is 11.3 Å². The summed E-state index contributed by atoms with van der Waals surface area (Å²) in [5.74, 6) is 0.754. The van der Waals surface area contributed by atoms with Crippen molar-refractivity contribution < 1.29 is 4.79 Å². The van der Waals surface area contributed by atoms with Crippen LogP contribution in [0.5, 0.6) is 0 Å². The monoisotopic (exact) mass is 352 g/mol. The van der Waals surface area contributed by atoms with Crippen molar-refractivity contribution in [3.63, 3.8) is 0 Å². The Kier molecular flexibility index (Phi) is 6.23. The van der Waals surface area contributed by atoms with Crippen LogP contribution in [0.15, 0.2) is 48.7 Å². The number of benzene rings is 1. The molecule has 1 atom stereocenters. The van der Waals surface area contributed by atoms with Crippen LogP contribution in [0.2, 0.25) is 0 Å². The number of likely N-dealkylation sites (tertiary alicyclic amines) is 1. The van der Waals surface area contributed by atoms with Gasteiger partial charge in [0.05, 0.1) is 11.6 Å². The summed E-state index contributed by atoms with van der Waals surface area (Å²) in [4.78, 5) is 15.0. The van der Waals surface area contributed by atoms with E-state index in [1.165, 1.54) is 0 Å². The third-order valence-electron chi connectivity index (χ3n) is 4.73. The number of carbonyl (C=O) groups excluding carboxylic acids is 1. The van der Waals surface area contributed by atoms with Gasteiger partial charge in [-0.15, -0.1) is 0 Å². The summed E-state index contributed by atoms with van der Waals surface area (Å²) in [6.07, 6.45) is 8.22. The number of anilines is 1. The molecule has 5 nitrogen and oxygen atoms in total. The highest BCUT2D eigenvalue weighted by atomic mass is 16.1. The van der Waals surface area contributed by atoms with Gasteiger partial charge in [0.1, 0.15) is 0 Å². The van der Waals surface area contributed by atoms with Crippen LogP contribution < -0.4 is 5.32 Å². The molecule has 1 amide bonds. The van der Waals surface area contributed by atoms with Crippen LogP contribution in [0.4, 0.5) is 5.69 Å². The van der Waals surface area contributed by atoms with E-state index in [0.29, 0.717) is 5.92 Å². The molecule has 0 radical (unpaired) electrons. The second-order valence-electron chi connectivity index (χ2n) is 7.31. The Morgan fingerprint density at radius 1 is 1.35 bits per heavy atom. The summed E-state index contributed by atoms with van der Waals surface area (Å²) in [7, 11) is 0. The van der Waals surface area contributed by atoms with E-state index in [-0.39, 0.29) is 11.8 Å². The Labute approximate surface area is 155 Å². The number of rotatable bonds is 6. The van der Waals surface area contributed by atoms with Gasteiger partial charge in [0.15, 0.2) is 0 Å². The first-order valence-electron chi connectivity index (χ1n) is 9.41. The number of amides is 1. The summed E-state index contributed by atoms with van der Waals surface area (Å²) < 4.78 is 0. The molecule has 5 heteroatoms. The summed E-state index contributed by atoms with van der Waals surface area (Å²) in [6, 6.07) is 9.80. The molecule has 1 aliphatic heterocycles. The van der Waals surface area contributed by atoms with Crippen LogP contribution in [-0.4, -0.2) is 40.6 Å². The van der Waals surface area contributed by atoms with Crippen molar-refractivity contribution in [2.24, 2.45) is 11.8 Å². The molecular weight excluding hydrogens is 324 g/mol. The van der Waals surface area contributed by atoms with Crippen LogP contribution in [0.3, 0.4) is 0 Å². The second kappa shape index (κ2) is 8.81. The molecule has 1 aliphatic rings. The van der Waals surface area contributed by atoms with Crippen LogP contribution in [0.25, 0.3) is 11.3 Å². The van der Waals surface area contributed by atoms with Crippen LogP contribution in [0, 0.1) is 11.8 Å². The third kappa shape index (κ3) is 5.05. The summed E-state index contributed by atoms with van der Waals surface area (Å²) in [5, 5.41) is 9.98. The number of allylic oxidation sites excluding steroid dienone is 1.